The summed E-state index contributed by atoms with van der Waals surface area (Å²) in [6.07, 6.45) is -12.8. The van der Waals surface area contributed by atoms with E-state index in [1.165, 1.54) is 76.2 Å². The zero-order chi connectivity index (χ0) is 73.3. The molecular formula is C75H68F2N2O23. The largest absolute Gasteiger partial charge is 0.461 e. The van der Waals surface area contributed by atoms with Gasteiger partial charge in [0.1, 0.15) is 41.5 Å². The first-order valence-corrected chi connectivity index (χ1v) is 32.4. The van der Waals surface area contributed by atoms with Crippen molar-refractivity contribution >= 4 is 65.4 Å². The van der Waals surface area contributed by atoms with E-state index in [9.17, 15) is 58.2 Å². The quantitative estimate of drug-likeness (QED) is 0.0293. The molecule has 3 heterocycles. The van der Waals surface area contributed by atoms with E-state index in [0.29, 0.717) is 0 Å². The summed E-state index contributed by atoms with van der Waals surface area (Å²) in [5.74, 6) is -16.6. The number of aliphatic hydroxyl groups excluding tert-OH is 1. The van der Waals surface area contributed by atoms with E-state index in [4.69, 9.17) is 47.4 Å². The number of carbonyl (C=O) groups is 11. The molecule has 6 aromatic carbocycles. The number of rotatable bonds is 17. The first-order valence-electron chi connectivity index (χ1n) is 32.4. The van der Waals surface area contributed by atoms with Crippen LogP contribution in [-0.2, 0) is 72.3 Å². The Labute approximate surface area is 580 Å². The van der Waals surface area contributed by atoms with Gasteiger partial charge >= 0.3 is 47.8 Å². The van der Waals surface area contributed by atoms with Gasteiger partial charge in [-0.3, -0.25) is 38.4 Å². The fourth-order valence-electron chi connectivity index (χ4n) is 15.3. The number of hydrogen-bond acceptors (Lipinski definition) is 23. The molecule has 0 aromatic heterocycles. The highest BCUT2D eigenvalue weighted by molar-refractivity contribution is 6.02. The maximum atomic E-state index is 16.6. The predicted octanol–water partition coefficient (Wildman–Crippen LogP) is 7.80. The molecule has 2 bridgehead atoms. The monoisotopic (exact) mass is 1400 g/mol. The summed E-state index contributed by atoms with van der Waals surface area (Å²) in [6, 6.07) is 29.5. The molecule has 1 unspecified atom stereocenters. The van der Waals surface area contributed by atoms with Gasteiger partial charge in [-0.15, -0.1) is 0 Å². The lowest BCUT2D eigenvalue weighted by molar-refractivity contribution is -0.346. The van der Waals surface area contributed by atoms with E-state index >= 15 is 13.6 Å². The molecule has 102 heavy (non-hydrogen) atoms. The number of halogens is 2. The fourth-order valence-corrected chi connectivity index (χ4v) is 15.3. The molecular weight excluding hydrogens is 1330 g/mol. The third-order valence-electron chi connectivity index (χ3n) is 20.0. The van der Waals surface area contributed by atoms with E-state index in [2.05, 4.69) is 10.6 Å². The molecule has 3 aliphatic heterocycles. The highest BCUT2D eigenvalue weighted by Gasteiger charge is 2.79. The van der Waals surface area contributed by atoms with Crippen LogP contribution >= 0.6 is 0 Å². The van der Waals surface area contributed by atoms with Gasteiger partial charge in [0.2, 0.25) is 0 Å². The zero-order valence-corrected chi connectivity index (χ0v) is 56.1. The molecule has 4 N–H and O–H groups in total. The second kappa shape index (κ2) is 26.8. The minimum absolute atomic E-state index is 0.0289. The molecule has 0 radical (unpaired) electrons. The molecule has 6 aromatic rings. The third kappa shape index (κ3) is 12.2. The number of benzene rings is 6. The van der Waals surface area contributed by atoms with Crippen molar-refractivity contribution in [1.29, 1.82) is 0 Å². The Morgan fingerprint density at radius 3 is 1.81 bits per heavy atom. The SMILES string of the molecule is CC(=O)Oc1cc2c(cc1F)C1(OC(=O)c3cc(C(=O)NCCC(=O)O[C@H]4C[C@H]5OC[C@@]5(OC(C)=O)C5[C@H](OC(=O)c6ccccc6)[C@]6(O)C[C@H](OC(=O)[C@H](O)[C@@H](NC(=O)c7ccccc7)c7ccccc7)C(C)=C([C@@H](OC(C)=O)C(=O)[C@@]54C)C6(C)C)ccc31)c1cc(F)c(OC(C)=O)cc1O2. The smallest absolute Gasteiger partial charge is 0.340 e. The Morgan fingerprint density at radius 2 is 1.25 bits per heavy atom. The number of hydrogen-bond donors (Lipinski definition) is 4. The van der Waals surface area contributed by atoms with Gasteiger partial charge in [0.05, 0.1) is 52.7 Å². The lowest BCUT2D eigenvalue weighted by Crippen LogP contribution is -2.82. The number of esters is 8. The standard InChI is InChI=1S/C75H68F2N2O23/c1-36-55(98-70(91)61(85)60(41-18-12-9-13-19-41)79-67(88)42-20-14-10-15-21-42)34-74(92)65(100-68(89)43-22-16-11-17-23-43)63-72(8,64(86)62(96-39(4)82)59(36)71(74,6)7)56(33-57-73(63,35-93-57)101-40(5)83)99-58(84)26-27-78-66(87)44-24-25-46-45(28-44)69(90)102-75(46)47-29-49(76)53(94-37(2)80)31-51(47)97-52-32-54(95-38(3)81)50(77)30-48(52)75/h9-25,28-32,55-57,60-63,65,85,92H,26-27,33-35H2,1-8H3,(H,78,87)(H,79,88)/t55-,56-,57+,60-,61+,62+,63?,65-,72+,73-,74+/m0/s1. The first kappa shape index (κ1) is 70.8. The number of ether oxygens (including phenoxy) is 10. The van der Waals surface area contributed by atoms with E-state index < -0.39 is 197 Å². The van der Waals surface area contributed by atoms with Crippen molar-refractivity contribution in [1.82, 2.24) is 10.6 Å². The summed E-state index contributed by atoms with van der Waals surface area (Å²) in [7, 11) is 0. The molecule has 530 valence electrons. The molecule has 11 atom stereocenters. The molecule has 1 spiro atoms. The van der Waals surface area contributed by atoms with Gasteiger partial charge in [-0.2, -0.15) is 0 Å². The number of fused-ring (bicyclic) bond motifs is 11. The second-order valence-electron chi connectivity index (χ2n) is 26.5. The molecule has 3 aliphatic carbocycles. The molecule has 1 saturated heterocycles. The lowest BCUT2D eigenvalue weighted by atomic mass is 9.44. The van der Waals surface area contributed by atoms with Crippen LogP contribution in [0.4, 0.5) is 8.78 Å². The van der Waals surface area contributed by atoms with Gasteiger partial charge in [-0.25, -0.2) is 23.2 Å². The first-order chi connectivity index (χ1) is 48.3. The Morgan fingerprint density at radius 1 is 0.667 bits per heavy atom. The number of aliphatic hydroxyl groups is 2. The van der Waals surface area contributed by atoms with Crippen molar-refractivity contribution in [2.75, 3.05) is 13.2 Å². The summed E-state index contributed by atoms with van der Waals surface area (Å²) in [5.41, 5.74) is -11.7. The Bertz CT molecular complexity index is 4470. The van der Waals surface area contributed by atoms with Crippen LogP contribution < -0.4 is 24.8 Å². The Kier molecular flexibility index (Phi) is 18.6. The highest BCUT2D eigenvalue weighted by Crippen LogP contribution is 2.66. The van der Waals surface area contributed by atoms with Crippen molar-refractivity contribution in [3.05, 3.63) is 201 Å². The third-order valence-corrected chi connectivity index (χ3v) is 20.0. The molecule has 25 nitrogen and oxygen atoms in total. The Hall–Kier alpha value is -11.0. The fraction of sp³-hybridized carbons (Fsp3) is 0.347. The van der Waals surface area contributed by atoms with Gasteiger partial charge in [-0.05, 0) is 79.1 Å². The van der Waals surface area contributed by atoms with Crippen LogP contribution in [0.2, 0.25) is 0 Å². The van der Waals surface area contributed by atoms with Crippen LogP contribution in [-0.4, -0.2) is 137 Å². The van der Waals surface area contributed by atoms with Crippen LogP contribution in [0.5, 0.6) is 23.0 Å². The van der Waals surface area contributed by atoms with Crippen LogP contribution in [0.1, 0.15) is 144 Å². The molecule has 2 amide bonds. The summed E-state index contributed by atoms with van der Waals surface area (Å²) >= 11 is 0. The predicted molar refractivity (Wildman–Crippen MR) is 346 cm³/mol. The lowest BCUT2D eigenvalue weighted by Gasteiger charge is -2.67. The van der Waals surface area contributed by atoms with E-state index in [0.717, 1.165) is 58.0 Å². The van der Waals surface area contributed by atoms with E-state index in [1.54, 1.807) is 54.6 Å². The minimum Gasteiger partial charge on any atom is -0.461 e. The van der Waals surface area contributed by atoms with Crippen molar-refractivity contribution in [3.8, 4) is 23.0 Å². The minimum atomic E-state index is -2.63. The van der Waals surface area contributed by atoms with Gasteiger partial charge in [-0.1, -0.05) is 86.6 Å². The normalized spacial score (nSPS) is 24.9. The van der Waals surface area contributed by atoms with Crippen molar-refractivity contribution in [3.63, 3.8) is 0 Å². The number of ketones is 1. The van der Waals surface area contributed by atoms with Gasteiger partial charge in [0, 0.05) is 81.3 Å². The highest BCUT2D eigenvalue weighted by atomic mass is 19.1. The van der Waals surface area contributed by atoms with Crippen LogP contribution in [0, 0.1) is 28.4 Å². The zero-order valence-electron chi connectivity index (χ0n) is 56.1. The maximum Gasteiger partial charge on any atom is 0.340 e. The van der Waals surface area contributed by atoms with E-state index in [1.807, 2.05) is 0 Å². The number of nitrogens with one attached hydrogen (secondary N) is 2. The topological polar surface area (TPSA) is 345 Å². The number of Topliss-reactive ketones (excluding diaryl/α,β-unsaturated/α-hetero) is 1. The van der Waals surface area contributed by atoms with Gasteiger partial charge < -0.3 is 68.2 Å². The van der Waals surface area contributed by atoms with Crippen LogP contribution in [0.3, 0.4) is 0 Å². The van der Waals surface area contributed by atoms with Crippen LogP contribution in [0.25, 0.3) is 0 Å². The molecule has 27 heteroatoms. The Balaban J connectivity index is 0.877. The summed E-state index contributed by atoms with van der Waals surface area (Å²) in [4.78, 5) is 154. The van der Waals surface area contributed by atoms with Crippen molar-refractivity contribution in [2.45, 2.75) is 134 Å². The summed E-state index contributed by atoms with van der Waals surface area (Å²) in [5, 5.41) is 31.6. The molecule has 6 aliphatic rings. The molecule has 12 rings (SSSR count). The van der Waals surface area contributed by atoms with Gasteiger partial charge in [0.25, 0.3) is 11.8 Å². The van der Waals surface area contributed by atoms with Gasteiger partial charge in [0.15, 0.2) is 52.3 Å². The number of carbonyl (C=O) groups excluding carboxylic acids is 11. The number of amides is 2. The second-order valence-corrected chi connectivity index (χ2v) is 26.5. The van der Waals surface area contributed by atoms with Crippen molar-refractivity contribution < 1.29 is 119 Å². The van der Waals surface area contributed by atoms with Crippen molar-refractivity contribution in [2.24, 2.45) is 16.7 Å². The molecule has 3 fully saturated rings. The maximum absolute atomic E-state index is 16.6. The average Bonchev–Trinajstić information content (AvgIpc) is 0.743. The van der Waals surface area contributed by atoms with E-state index in [-0.39, 0.29) is 67.2 Å². The average molecular weight is 1400 g/mol. The van der Waals surface area contributed by atoms with Crippen LogP contribution in [0.15, 0.2) is 145 Å². The molecule has 2 saturated carbocycles. The summed E-state index contributed by atoms with van der Waals surface area (Å²) < 4.78 is 91.5. The summed E-state index contributed by atoms with van der Waals surface area (Å²) in [6.45, 7) is 8.86.